The lowest BCUT2D eigenvalue weighted by Gasteiger charge is -2.21. The maximum Gasteiger partial charge on any atom is 0.419 e. The van der Waals surface area contributed by atoms with Gasteiger partial charge in [-0.05, 0) is 39.8 Å². The van der Waals surface area contributed by atoms with Crippen molar-refractivity contribution in [3.63, 3.8) is 0 Å². The van der Waals surface area contributed by atoms with Crippen LogP contribution in [-0.2, 0) is 20.9 Å². The van der Waals surface area contributed by atoms with Crippen molar-refractivity contribution in [3.05, 3.63) is 34.8 Å². The van der Waals surface area contributed by atoms with Crippen molar-refractivity contribution >= 4 is 29.0 Å². The highest BCUT2D eigenvalue weighted by atomic mass is 16.5. The third-order valence-corrected chi connectivity index (χ3v) is 3.52. The number of carbonyl (C=O) groups excluding carboxylic acids is 3. The lowest BCUT2D eigenvalue weighted by molar-refractivity contribution is -0.154. The molecular weight excluding hydrogens is 354 g/mol. The topological polar surface area (TPSA) is 120 Å². The Labute approximate surface area is 155 Å². The van der Waals surface area contributed by atoms with Crippen LogP contribution >= 0.6 is 0 Å². The average molecular weight is 377 g/mol. The number of oxazole rings is 1. The van der Waals surface area contributed by atoms with Crippen LogP contribution in [0.25, 0.3) is 11.1 Å². The summed E-state index contributed by atoms with van der Waals surface area (Å²) < 4.78 is 11.4. The summed E-state index contributed by atoms with van der Waals surface area (Å²) >= 11 is 0. The van der Waals surface area contributed by atoms with E-state index in [1.54, 1.807) is 45.0 Å². The second kappa shape index (κ2) is 8.07. The van der Waals surface area contributed by atoms with E-state index in [1.165, 1.54) is 11.5 Å². The number of carbonyl (C=O) groups is 3. The molecule has 0 saturated carbocycles. The highest BCUT2D eigenvalue weighted by Gasteiger charge is 2.22. The van der Waals surface area contributed by atoms with Gasteiger partial charge in [-0.3, -0.25) is 19.5 Å². The molecule has 2 rings (SSSR count). The molecule has 0 bridgehead atoms. The van der Waals surface area contributed by atoms with Crippen LogP contribution in [0.2, 0.25) is 0 Å². The van der Waals surface area contributed by atoms with Crippen LogP contribution in [0.15, 0.2) is 33.5 Å². The third kappa shape index (κ3) is 5.70. The number of urea groups is 1. The van der Waals surface area contributed by atoms with Crippen molar-refractivity contribution in [2.75, 3.05) is 0 Å². The molecule has 1 atom stereocenters. The molecule has 0 radical (unpaired) electrons. The zero-order valence-corrected chi connectivity index (χ0v) is 15.7. The van der Waals surface area contributed by atoms with Crippen LogP contribution in [-0.4, -0.2) is 34.1 Å². The van der Waals surface area contributed by atoms with E-state index in [1.807, 2.05) is 0 Å². The number of ether oxygens (including phenoxy) is 1. The van der Waals surface area contributed by atoms with Crippen molar-refractivity contribution in [1.82, 2.24) is 15.2 Å². The fraction of sp³-hybridized carbons (Fsp3) is 0.444. The van der Waals surface area contributed by atoms with E-state index in [2.05, 4.69) is 10.6 Å². The molecule has 0 aliphatic carbocycles. The molecule has 0 fully saturated rings. The van der Waals surface area contributed by atoms with Gasteiger partial charge in [-0.1, -0.05) is 12.1 Å². The zero-order chi connectivity index (χ0) is 20.2. The van der Waals surface area contributed by atoms with E-state index in [4.69, 9.17) is 9.15 Å². The fourth-order valence-corrected chi connectivity index (χ4v) is 2.32. The van der Waals surface area contributed by atoms with Crippen molar-refractivity contribution in [2.45, 2.75) is 52.3 Å². The van der Waals surface area contributed by atoms with Gasteiger partial charge in [0.15, 0.2) is 11.7 Å². The van der Waals surface area contributed by atoms with Gasteiger partial charge in [0.2, 0.25) is 0 Å². The number of nitrogens with one attached hydrogen (secondary N) is 2. The van der Waals surface area contributed by atoms with Crippen LogP contribution in [0.1, 0.15) is 34.1 Å². The normalized spacial score (nSPS) is 12.4. The molecule has 9 nitrogen and oxygen atoms in total. The Hall–Kier alpha value is -3.10. The van der Waals surface area contributed by atoms with Crippen LogP contribution in [0.3, 0.4) is 0 Å². The summed E-state index contributed by atoms with van der Waals surface area (Å²) in [4.78, 5) is 47.4. The smallest absolute Gasteiger partial charge is 0.419 e. The van der Waals surface area contributed by atoms with Crippen molar-refractivity contribution in [2.24, 2.45) is 0 Å². The molecule has 1 heterocycles. The summed E-state index contributed by atoms with van der Waals surface area (Å²) in [5.41, 5.74) is 0.485. The third-order valence-electron chi connectivity index (χ3n) is 3.52. The number of benzene rings is 1. The minimum atomic E-state index is -1.15. The molecule has 0 spiro atoms. The highest BCUT2D eigenvalue weighted by molar-refractivity contribution is 5.97. The Kier molecular flexibility index (Phi) is 6.04. The summed E-state index contributed by atoms with van der Waals surface area (Å²) in [7, 11) is 0. The average Bonchev–Trinajstić information content (AvgIpc) is 2.86. The molecule has 2 aromatic rings. The number of para-hydroxylation sites is 2. The van der Waals surface area contributed by atoms with Gasteiger partial charge in [0, 0.05) is 12.1 Å². The van der Waals surface area contributed by atoms with Crippen molar-refractivity contribution in [1.29, 1.82) is 0 Å². The van der Waals surface area contributed by atoms with Crippen LogP contribution < -0.4 is 16.4 Å². The number of hydrogen-bond acceptors (Lipinski definition) is 6. The fourth-order valence-electron chi connectivity index (χ4n) is 2.32. The predicted octanol–water partition coefficient (Wildman–Crippen LogP) is 1.54. The molecule has 0 aliphatic heterocycles. The quantitative estimate of drug-likeness (QED) is 0.763. The van der Waals surface area contributed by atoms with E-state index in [9.17, 15) is 19.2 Å². The van der Waals surface area contributed by atoms with Gasteiger partial charge in [-0.25, -0.2) is 9.59 Å². The SMILES string of the molecule is C[C@H](OC(=O)CCn1c(=O)oc2ccccc21)C(=O)NC(=O)NC(C)(C)C. The zero-order valence-electron chi connectivity index (χ0n) is 15.7. The number of nitrogens with zero attached hydrogens (tertiary/aromatic N) is 1. The molecule has 3 amide bonds. The Morgan fingerprint density at radius 2 is 1.89 bits per heavy atom. The lowest BCUT2D eigenvalue weighted by Crippen LogP contribution is -2.50. The molecule has 9 heteroatoms. The van der Waals surface area contributed by atoms with Crippen LogP contribution in [0, 0.1) is 0 Å². The number of aryl methyl sites for hydroxylation is 1. The number of imide groups is 1. The number of aromatic nitrogens is 1. The number of esters is 1. The van der Waals surface area contributed by atoms with Gasteiger partial charge in [-0.15, -0.1) is 0 Å². The van der Waals surface area contributed by atoms with Crippen molar-refractivity contribution < 1.29 is 23.5 Å². The van der Waals surface area contributed by atoms with E-state index < -0.39 is 35.3 Å². The minimum absolute atomic E-state index is 0.0491. The van der Waals surface area contributed by atoms with Crippen LogP contribution in [0.5, 0.6) is 0 Å². The number of rotatable bonds is 5. The first-order chi connectivity index (χ1) is 12.6. The van der Waals surface area contributed by atoms with Gasteiger partial charge in [0.1, 0.15) is 0 Å². The van der Waals surface area contributed by atoms with Gasteiger partial charge in [-0.2, -0.15) is 0 Å². The minimum Gasteiger partial charge on any atom is -0.452 e. The maximum absolute atomic E-state index is 12.0. The van der Waals surface area contributed by atoms with Crippen LogP contribution in [0.4, 0.5) is 4.79 Å². The Balaban J connectivity index is 1.87. The first-order valence-electron chi connectivity index (χ1n) is 8.47. The monoisotopic (exact) mass is 377 g/mol. The van der Waals surface area contributed by atoms with E-state index in [-0.39, 0.29) is 13.0 Å². The second-order valence-electron chi connectivity index (χ2n) is 7.06. The first kappa shape index (κ1) is 20.2. The Bertz CT molecular complexity index is 906. The molecule has 0 unspecified atom stereocenters. The Morgan fingerprint density at radius 1 is 1.22 bits per heavy atom. The molecule has 1 aromatic carbocycles. The summed E-state index contributed by atoms with van der Waals surface area (Å²) in [6, 6.07) is 6.17. The van der Waals surface area contributed by atoms with E-state index >= 15 is 0 Å². The van der Waals surface area contributed by atoms with E-state index in [0.717, 1.165) is 0 Å². The largest absolute Gasteiger partial charge is 0.452 e. The lowest BCUT2D eigenvalue weighted by atomic mass is 10.1. The van der Waals surface area contributed by atoms with E-state index in [0.29, 0.717) is 11.1 Å². The summed E-state index contributed by atoms with van der Waals surface area (Å²) in [5, 5.41) is 4.67. The van der Waals surface area contributed by atoms with Gasteiger partial charge in [0.05, 0.1) is 11.9 Å². The first-order valence-corrected chi connectivity index (χ1v) is 8.47. The predicted molar refractivity (Wildman–Crippen MR) is 97.1 cm³/mol. The molecule has 27 heavy (non-hydrogen) atoms. The number of amides is 3. The standard InChI is InChI=1S/C18H23N3O6/c1-11(15(23)19-16(24)20-18(2,3)4)26-14(22)9-10-21-12-7-5-6-8-13(12)27-17(21)25/h5-8,11H,9-10H2,1-4H3,(H2,19,20,23,24)/t11-/m0/s1. The number of fused-ring (bicyclic) bond motifs is 1. The molecule has 1 aromatic heterocycles. The van der Waals surface area contributed by atoms with Gasteiger partial charge < -0.3 is 14.5 Å². The summed E-state index contributed by atoms with van der Waals surface area (Å²) in [5.74, 6) is -1.99. The Morgan fingerprint density at radius 3 is 2.56 bits per heavy atom. The molecule has 0 aliphatic rings. The van der Waals surface area contributed by atoms with Crippen molar-refractivity contribution in [3.8, 4) is 0 Å². The second-order valence-corrected chi connectivity index (χ2v) is 7.06. The number of hydrogen-bond donors (Lipinski definition) is 2. The molecule has 2 N–H and O–H groups in total. The highest BCUT2D eigenvalue weighted by Crippen LogP contribution is 2.12. The summed E-state index contributed by atoms with van der Waals surface area (Å²) in [6.07, 6.45) is -1.28. The maximum atomic E-state index is 12.0. The molecule has 0 saturated heterocycles. The molecule has 146 valence electrons. The van der Waals surface area contributed by atoms with Gasteiger partial charge >= 0.3 is 17.8 Å². The molecular formula is C18H23N3O6. The van der Waals surface area contributed by atoms with Gasteiger partial charge in [0.25, 0.3) is 5.91 Å². The summed E-state index contributed by atoms with van der Waals surface area (Å²) in [6.45, 7) is 6.70.